The van der Waals surface area contributed by atoms with E-state index in [2.05, 4.69) is 35.0 Å². The minimum atomic E-state index is -0.687. The maximum absolute atomic E-state index is 15.0. The SMILES string of the molecule is COC(=O)c1ccc(N(C)CCOc2ccc(Nc3ncc(F)c(-c4cc(F)c5nc(C)n(C(C)C)c5c4)n3)nc2)nc1. The van der Waals surface area contributed by atoms with Gasteiger partial charge in [-0.2, -0.15) is 0 Å². The zero-order chi connectivity index (χ0) is 30.7. The van der Waals surface area contributed by atoms with E-state index in [4.69, 9.17) is 4.74 Å². The van der Waals surface area contributed by atoms with Gasteiger partial charge in [0.1, 0.15) is 41.0 Å². The fraction of sp³-hybridized carbons (Fsp3) is 0.267. The Kier molecular flexibility index (Phi) is 8.41. The summed E-state index contributed by atoms with van der Waals surface area (Å²) in [6.07, 6.45) is 4.03. The Morgan fingerprint density at radius 1 is 1.02 bits per heavy atom. The van der Waals surface area contributed by atoms with Gasteiger partial charge in [-0.1, -0.05) is 0 Å². The fourth-order valence-corrected chi connectivity index (χ4v) is 4.61. The van der Waals surface area contributed by atoms with Crippen LogP contribution in [0.3, 0.4) is 0 Å². The van der Waals surface area contributed by atoms with Crippen molar-refractivity contribution in [2.45, 2.75) is 26.8 Å². The number of aromatic nitrogens is 6. The molecule has 0 radical (unpaired) electrons. The van der Waals surface area contributed by atoms with Gasteiger partial charge in [0.05, 0.1) is 37.1 Å². The van der Waals surface area contributed by atoms with E-state index in [0.717, 1.165) is 6.20 Å². The van der Waals surface area contributed by atoms with Crippen molar-refractivity contribution >= 4 is 34.6 Å². The molecule has 0 amide bonds. The Balaban J connectivity index is 1.23. The second kappa shape index (κ2) is 12.3. The third kappa shape index (κ3) is 6.35. The van der Waals surface area contributed by atoms with Crippen LogP contribution in [0.4, 0.5) is 26.4 Å². The van der Waals surface area contributed by atoms with E-state index in [1.165, 1.54) is 25.6 Å². The lowest BCUT2D eigenvalue weighted by atomic mass is 10.1. The van der Waals surface area contributed by atoms with Gasteiger partial charge in [-0.15, -0.1) is 0 Å². The summed E-state index contributed by atoms with van der Waals surface area (Å²) in [5.74, 6) is 0.698. The quantitative estimate of drug-likeness (QED) is 0.210. The maximum Gasteiger partial charge on any atom is 0.339 e. The Morgan fingerprint density at radius 2 is 1.84 bits per heavy atom. The molecule has 0 aliphatic heterocycles. The van der Waals surface area contributed by atoms with Crippen LogP contribution in [0.15, 0.2) is 55.0 Å². The number of esters is 1. The van der Waals surface area contributed by atoms with Crippen LogP contribution in [0.1, 0.15) is 36.1 Å². The van der Waals surface area contributed by atoms with E-state index in [0.29, 0.717) is 47.4 Å². The summed E-state index contributed by atoms with van der Waals surface area (Å²) in [4.78, 5) is 34.7. The summed E-state index contributed by atoms with van der Waals surface area (Å²) in [7, 11) is 3.18. The minimum absolute atomic E-state index is 0.0368. The van der Waals surface area contributed by atoms with Gasteiger partial charge in [0, 0.05) is 24.8 Å². The van der Waals surface area contributed by atoms with E-state index in [1.807, 2.05) is 30.4 Å². The highest BCUT2D eigenvalue weighted by Crippen LogP contribution is 2.30. The van der Waals surface area contributed by atoms with Gasteiger partial charge < -0.3 is 24.3 Å². The van der Waals surface area contributed by atoms with Crippen LogP contribution in [0, 0.1) is 18.6 Å². The number of carbonyl (C=O) groups excluding carboxylic acids is 1. The van der Waals surface area contributed by atoms with E-state index in [9.17, 15) is 13.6 Å². The molecule has 4 heterocycles. The van der Waals surface area contributed by atoms with Crippen LogP contribution in [-0.4, -0.2) is 62.8 Å². The van der Waals surface area contributed by atoms with Crippen LogP contribution in [0.25, 0.3) is 22.3 Å². The lowest BCUT2D eigenvalue weighted by Crippen LogP contribution is -2.24. The lowest BCUT2D eigenvalue weighted by molar-refractivity contribution is 0.0600. The smallest absolute Gasteiger partial charge is 0.339 e. The third-order valence-corrected chi connectivity index (χ3v) is 6.69. The number of halogens is 2. The first-order valence-electron chi connectivity index (χ1n) is 13.5. The molecular weight excluding hydrogens is 558 g/mol. The molecule has 0 aliphatic rings. The highest BCUT2D eigenvalue weighted by atomic mass is 19.1. The van der Waals surface area contributed by atoms with Crippen molar-refractivity contribution in [3.8, 4) is 17.0 Å². The van der Waals surface area contributed by atoms with Crippen LogP contribution >= 0.6 is 0 Å². The molecule has 0 bridgehead atoms. The average molecular weight is 589 g/mol. The molecular formula is C30H30F2N8O3. The normalized spacial score (nSPS) is 11.2. The number of carbonyl (C=O) groups is 1. The fourth-order valence-electron chi connectivity index (χ4n) is 4.61. The molecule has 43 heavy (non-hydrogen) atoms. The molecule has 1 aromatic carbocycles. The van der Waals surface area contributed by atoms with Gasteiger partial charge in [-0.3, -0.25) is 0 Å². The molecule has 13 heteroatoms. The number of rotatable bonds is 10. The van der Waals surface area contributed by atoms with Gasteiger partial charge >= 0.3 is 5.97 Å². The second-order valence-corrected chi connectivity index (χ2v) is 10.0. The summed E-state index contributed by atoms with van der Waals surface area (Å²) < 4.78 is 42.2. The molecule has 0 fully saturated rings. The van der Waals surface area contributed by atoms with Crippen LogP contribution in [0.5, 0.6) is 5.75 Å². The van der Waals surface area contributed by atoms with E-state index in [1.54, 1.807) is 37.3 Å². The van der Waals surface area contributed by atoms with Gasteiger partial charge in [0.25, 0.3) is 0 Å². The number of benzene rings is 1. The zero-order valence-corrected chi connectivity index (χ0v) is 24.3. The Labute approximate surface area is 246 Å². The van der Waals surface area contributed by atoms with Gasteiger partial charge in [0.2, 0.25) is 5.95 Å². The van der Waals surface area contributed by atoms with E-state index in [-0.39, 0.29) is 28.8 Å². The molecule has 0 saturated heterocycles. The first-order valence-corrected chi connectivity index (χ1v) is 13.5. The molecule has 4 aromatic heterocycles. The second-order valence-electron chi connectivity index (χ2n) is 10.0. The Morgan fingerprint density at radius 3 is 2.51 bits per heavy atom. The number of hydrogen-bond acceptors (Lipinski definition) is 10. The largest absolute Gasteiger partial charge is 0.490 e. The Bertz CT molecular complexity index is 1760. The van der Waals surface area contributed by atoms with Gasteiger partial charge in [0.15, 0.2) is 11.6 Å². The molecule has 11 nitrogen and oxygen atoms in total. The summed E-state index contributed by atoms with van der Waals surface area (Å²) >= 11 is 0. The highest BCUT2D eigenvalue weighted by Gasteiger charge is 2.18. The number of hydrogen-bond donors (Lipinski definition) is 1. The number of likely N-dealkylation sites (N-methyl/N-ethyl adjacent to an activating group) is 1. The summed E-state index contributed by atoms with van der Waals surface area (Å²) in [6, 6.07) is 9.72. The number of nitrogens with zero attached hydrogens (tertiary/aromatic N) is 7. The first kappa shape index (κ1) is 29.3. The van der Waals surface area contributed by atoms with Crippen LogP contribution < -0.4 is 15.0 Å². The highest BCUT2D eigenvalue weighted by molar-refractivity contribution is 5.89. The molecule has 0 aliphatic carbocycles. The number of fused-ring (bicyclic) bond motifs is 1. The number of methoxy groups -OCH3 is 1. The standard InChI is InChI=1S/C30H30F2N8O3/c1-17(2)40-18(3)36-28-22(31)12-20(13-24(28)40)27-23(32)16-35-30(38-27)37-25-8-7-21(15-33-25)43-11-10-39(4)26-9-6-19(14-34-26)29(41)42-5/h6-9,12-17H,10-11H2,1-5H3,(H,33,35,37,38). The number of nitrogens with one attached hydrogen (secondary N) is 1. The molecule has 0 atom stereocenters. The molecule has 1 N–H and O–H groups in total. The van der Waals surface area contributed by atoms with Crippen LogP contribution in [0.2, 0.25) is 0 Å². The summed E-state index contributed by atoms with van der Waals surface area (Å²) in [5.41, 5.74) is 1.38. The minimum Gasteiger partial charge on any atom is -0.490 e. The predicted molar refractivity (Wildman–Crippen MR) is 158 cm³/mol. The van der Waals surface area contributed by atoms with Gasteiger partial charge in [-0.05, 0) is 57.2 Å². The average Bonchev–Trinajstić information content (AvgIpc) is 3.35. The molecule has 0 spiro atoms. The van der Waals surface area contributed by atoms with Crippen LogP contribution in [-0.2, 0) is 4.74 Å². The molecule has 0 saturated carbocycles. The number of pyridine rings is 2. The Hall–Kier alpha value is -5.20. The number of ether oxygens (including phenoxy) is 2. The number of aryl methyl sites for hydroxylation is 1. The number of imidazole rings is 1. The molecule has 5 aromatic rings. The van der Waals surface area contributed by atoms with Crippen molar-refractivity contribution in [1.29, 1.82) is 0 Å². The summed E-state index contributed by atoms with van der Waals surface area (Å²) in [6.45, 7) is 6.63. The van der Waals surface area contributed by atoms with Crippen molar-refractivity contribution < 1.29 is 23.0 Å². The molecule has 5 rings (SSSR count). The lowest BCUT2D eigenvalue weighted by Gasteiger charge is -2.18. The zero-order valence-electron chi connectivity index (χ0n) is 24.3. The first-order chi connectivity index (χ1) is 20.6. The van der Waals surface area contributed by atoms with Crippen molar-refractivity contribution in [2.24, 2.45) is 0 Å². The molecule has 0 unspecified atom stereocenters. The van der Waals surface area contributed by atoms with E-state index < -0.39 is 17.6 Å². The van der Waals surface area contributed by atoms with Crippen molar-refractivity contribution in [3.63, 3.8) is 0 Å². The van der Waals surface area contributed by atoms with Crippen molar-refractivity contribution in [3.05, 3.63) is 78.0 Å². The van der Waals surface area contributed by atoms with Crippen molar-refractivity contribution in [1.82, 2.24) is 29.5 Å². The predicted octanol–water partition coefficient (Wildman–Crippen LogP) is 5.50. The monoisotopic (exact) mass is 588 g/mol. The molecule has 222 valence electrons. The third-order valence-electron chi connectivity index (χ3n) is 6.69. The maximum atomic E-state index is 15.0. The topological polar surface area (TPSA) is 120 Å². The van der Waals surface area contributed by atoms with E-state index >= 15 is 0 Å². The van der Waals surface area contributed by atoms with Gasteiger partial charge in [-0.25, -0.2) is 38.5 Å². The number of anilines is 3. The summed E-state index contributed by atoms with van der Waals surface area (Å²) in [5, 5.41) is 2.95. The van der Waals surface area contributed by atoms with Crippen molar-refractivity contribution in [2.75, 3.05) is 37.5 Å².